The maximum Gasteiger partial charge on any atom is 0.144 e. The van der Waals surface area contributed by atoms with Crippen LogP contribution in [0.25, 0.3) is 5.69 Å². The molecule has 0 amide bonds. The second-order valence-electron chi connectivity index (χ2n) is 4.80. The molecule has 0 N–H and O–H groups in total. The summed E-state index contributed by atoms with van der Waals surface area (Å²) in [4.78, 5) is 0. The molecule has 1 aromatic carbocycles. The number of aryl methyl sites for hydroxylation is 1. The van der Waals surface area contributed by atoms with Crippen molar-refractivity contribution in [1.29, 1.82) is 0 Å². The van der Waals surface area contributed by atoms with Crippen LogP contribution in [0.2, 0.25) is 0 Å². The fraction of sp³-hybridized carbons (Fsp3) is 0.286. The van der Waals surface area contributed by atoms with Gasteiger partial charge in [-0.05, 0) is 44.5 Å². The van der Waals surface area contributed by atoms with Gasteiger partial charge in [-0.1, -0.05) is 12.1 Å². The molecule has 0 aliphatic carbocycles. The van der Waals surface area contributed by atoms with Crippen LogP contribution in [-0.2, 0) is 5.60 Å². The minimum atomic E-state index is -0.260. The molecule has 3 rings (SSSR count). The average Bonchev–Trinajstić information content (AvgIpc) is 2.66. The maximum absolute atomic E-state index is 6.06. The van der Waals surface area contributed by atoms with Crippen molar-refractivity contribution in [3.05, 3.63) is 47.8 Å². The summed E-state index contributed by atoms with van der Waals surface area (Å²) < 4.78 is 8.29. The van der Waals surface area contributed by atoms with Crippen molar-refractivity contribution in [3.8, 4) is 11.4 Å². The first-order chi connectivity index (χ1) is 7.59. The monoisotopic (exact) mass is 213 g/mol. The van der Waals surface area contributed by atoms with Gasteiger partial charge in [-0.2, -0.15) is 0 Å². The molecule has 2 aromatic rings. The fourth-order valence-corrected chi connectivity index (χ4v) is 2.42. The van der Waals surface area contributed by atoms with Crippen molar-refractivity contribution in [2.24, 2.45) is 0 Å². The summed E-state index contributed by atoms with van der Waals surface area (Å²) in [5.74, 6) is 0.966. The molecule has 1 aromatic heterocycles. The van der Waals surface area contributed by atoms with Crippen molar-refractivity contribution in [3.63, 3.8) is 0 Å². The summed E-state index contributed by atoms with van der Waals surface area (Å²) in [5.41, 5.74) is 3.35. The third-order valence-electron chi connectivity index (χ3n) is 3.17. The summed E-state index contributed by atoms with van der Waals surface area (Å²) in [5, 5.41) is 0. The van der Waals surface area contributed by atoms with Crippen LogP contribution in [0.5, 0.6) is 5.75 Å². The first kappa shape index (κ1) is 9.52. The number of nitrogens with zero attached hydrogens (tertiary/aromatic N) is 1. The molecule has 0 saturated heterocycles. The summed E-state index contributed by atoms with van der Waals surface area (Å²) in [6.45, 7) is 6.32. The van der Waals surface area contributed by atoms with Gasteiger partial charge in [0.2, 0.25) is 0 Å². The van der Waals surface area contributed by atoms with Crippen LogP contribution in [0.1, 0.15) is 25.1 Å². The van der Waals surface area contributed by atoms with Gasteiger partial charge in [0.15, 0.2) is 0 Å². The molecule has 1 aliphatic rings. The summed E-state index contributed by atoms with van der Waals surface area (Å²) in [6, 6.07) is 10.4. The van der Waals surface area contributed by atoms with Crippen LogP contribution >= 0.6 is 0 Å². The lowest BCUT2D eigenvalue weighted by molar-refractivity contribution is 0.0923. The van der Waals surface area contributed by atoms with E-state index in [4.69, 9.17) is 4.74 Å². The van der Waals surface area contributed by atoms with Gasteiger partial charge in [0.25, 0.3) is 0 Å². The van der Waals surface area contributed by atoms with Gasteiger partial charge in [0.05, 0.1) is 11.4 Å². The highest BCUT2D eigenvalue weighted by molar-refractivity contribution is 5.56. The fourth-order valence-electron chi connectivity index (χ4n) is 2.42. The standard InChI is InChI=1S/C14H15NO/c1-10-6-4-7-11-13(10)15-9-5-8-12(15)14(2,3)16-11/h4-9H,1-3H3. The summed E-state index contributed by atoms with van der Waals surface area (Å²) >= 11 is 0. The van der Waals surface area contributed by atoms with Crippen LogP contribution in [0.4, 0.5) is 0 Å². The molecule has 0 unspecified atom stereocenters. The Bertz CT molecular complexity index is 552. The van der Waals surface area contributed by atoms with Gasteiger partial charge in [-0.3, -0.25) is 0 Å². The topological polar surface area (TPSA) is 14.2 Å². The van der Waals surface area contributed by atoms with E-state index in [1.807, 2.05) is 12.1 Å². The minimum Gasteiger partial charge on any atom is -0.479 e. The Morgan fingerprint density at radius 3 is 2.75 bits per heavy atom. The molecule has 2 nitrogen and oxygen atoms in total. The molecule has 0 radical (unpaired) electrons. The second-order valence-corrected chi connectivity index (χ2v) is 4.80. The zero-order valence-corrected chi connectivity index (χ0v) is 9.82. The molecule has 1 aliphatic heterocycles. The largest absolute Gasteiger partial charge is 0.479 e. The summed E-state index contributed by atoms with van der Waals surface area (Å²) in [7, 11) is 0. The highest BCUT2D eigenvalue weighted by Crippen LogP contribution is 2.40. The normalized spacial score (nSPS) is 16.2. The number of hydrogen-bond acceptors (Lipinski definition) is 1. The van der Waals surface area contributed by atoms with E-state index in [1.165, 1.54) is 16.9 Å². The number of benzene rings is 1. The van der Waals surface area contributed by atoms with Gasteiger partial charge in [0.1, 0.15) is 11.4 Å². The van der Waals surface area contributed by atoms with E-state index in [-0.39, 0.29) is 5.60 Å². The SMILES string of the molecule is Cc1cccc2c1-n1cccc1C(C)(C)O2. The lowest BCUT2D eigenvalue weighted by atomic mass is 10.0. The van der Waals surface area contributed by atoms with Gasteiger partial charge in [-0.25, -0.2) is 0 Å². The highest BCUT2D eigenvalue weighted by atomic mass is 16.5. The van der Waals surface area contributed by atoms with Crippen LogP contribution in [0.3, 0.4) is 0 Å². The van der Waals surface area contributed by atoms with Crippen LogP contribution in [0.15, 0.2) is 36.5 Å². The Hall–Kier alpha value is -1.70. The van der Waals surface area contributed by atoms with E-state index >= 15 is 0 Å². The van der Waals surface area contributed by atoms with Crippen molar-refractivity contribution in [1.82, 2.24) is 4.57 Å². The van der Waals surface area contributed by atoms with Gasteiger partial charge >= 0.3 is 0 Å². The molecule has 16 heavy (non-hydrogen) atoms. The number of rotatable bonds is 0. The van der Waals surface area contributed by atoms with Gasteiger partial charge < -0.3 is 9.30 Å². The van der Waals surface area contributed by atoms with E-state index in [0.717, 1.165) is 5.75 Å². The number of fused-ring (bicyclic) bond motifs is 3. The third kappa shape index (κ3) is 1.13. The Morgan fingerprint density at radius 1 is 1.12 bits per heavy atom. The molecule has 2 heterocycles. The molecule has 0 spiro atoms. The highest BCUT2D eigenvalue weighted by Gasteiger charge is 2.32. The molecular formula is C14H15NO. The Kier molecular flexibility index (Phi) is 1.73. The van der Waals surface area contributed by atoms with E-state index < -0.39 is 0 Å². The number of hydrogen-bond donors (Lipinski definition) is 0. The first-order valence-corrected chi connectivity index (χ1v) is 5.56. The third-order valence-corrected chi connectivity index (χ3v) is 3.17. The van der Waals surface area contributed by atoms with Crippen molar-refractivity contribution < 1.29 is 4.74 Å². The summed E-state index contributed by atoms with van der Waals surface area (Å²) in [6.07, 6.45) is 2.10. The van der Waals surface area contributed by atoms with E-state index in [0.29, 0.717) is 0 Å². The number of aromatic nitrogens is 1. The van der Waals surface area contributed by atoms with Gasteiger partial charge in [-0.15, -0.1) is 0 Å². The number of ether oxygens (including phenoxy) is 1. The van der Waals surface area contributed by atoms with E-state index in [2.05, 4.69) is 49.7 Å². The molecule has 82 valence electrons. The molecule has 0 saturated carbocycles. The van der Waals surface area contributed by atoms with Crippen LogP contribution in [0, 0.1) is 6.92 Å². The average molecular weight is 213 g/mol. The Morgan fingerprint density at radius 2 is 1.94 bits per heavy atom. The molecule has 2 heteroatoms. The quantitative estimate of drug-likeness (QED) is 0.654. The maximum atomic E-state index is 6.06. The lowest BCUT2D eigenvalue weighted by Crippen LogP contribution is -2.32. The van der Waals surface area contributed by atoms with Crippen molar-refractivity contribution in [2.75, 3.05) is 0 Å². The second kappa shape index (κ2) is 2.91. The smallest absolute Gasteiger partial charge is 0.144 e. The predicted molar refractivity (Wildman–Crippen MR) is 64.2 cm³/mol. The first-order valence-electron chi connectivity index (χ1n) is 5.56. The zero-order chi connectivity index (χ0) is 11.3. The van der Waals surface area contributed by atoms with E-state index in [1.54, 1.807) is 0 Å². The lowest BCUT2D eigenvalue weighted by Gasteiger charge is -2.34. The predicted octanol–water partition coefficient (Wildman–Crippen LogP) is 3.41. The van der Waals surface area contributed by atoms with Crippen LogP contribution in [-0.4, -0.2) is 4.57 Å². The van der Waals surface area contributed by atoms with Gasteiger partial charge in [0, 0.05) is 6.20 Å². The molecule has 0 bridgehead atoms. The Balaban J connectivity index is 2.35. The Labute approximate surface area is 95.5 Å². The molecule has 0 fully saturated rings. The molecular weight excluding hydrogens is 198 g/mol. The van der Waals surface area contributed by atoms with Crippen molar-refractivity contribution in [2.45, 2.75) is 26.4 Å². The van der Waals surface area contributed by atoms with Crippen LogP contribution < -0.4 is 4.74 Å². The van der Waals surface area contributed by atoms with Crippen molar-refractivity contribution >= 4 is 0 Å². The zero-order valence-electron chi connectivity index (χ0n) is 9.82. The van der Waals surface area contributed by atoms with E-state index in [9.17, 15) is 0 Å². The molecule has 0 atom stereocenters. The minimum absolute atomic E-state index is 0.260. The number of para-hydroxylation sites is 1.